The van der Waals surface area contributed by atoms with Crippen LogP contribution >= 0.6 is 11.8 Å². The number of aromatic nitrogens is 4. The number of hydrogen-bond acceptors (Lipinski definition) is 6. The van der Waals surface area contributed by atoms with E-state index in [9.17, 15) is 4.79 Å². The first-order valence-corrected chi connectivity index (χ1v) is 8.29. The second-order valence-corrected chi connectivity index (χ2v) is 6.71. The molecule has 24 heavy (non-hydrogen) atoms. The summed E-state index contributed by atoms with van der Waals surface area (Å²) in [5.41, 5.74) is 2.14. The molecule has 0 saturated heterocycles. The molecule has 0 saturated carbocycles. The van der Waals surface area contributed by atoms with Gasteiger partial charge in [-0.15, -0.1) is 5.10 Å². The molecule has 0 radical (unpaired) electrons. The molecule has 1 atom stereocenters. The van der Waals surface area contributed by atoms with E-state index >= 15 is 0 Å². The average molecular weight is 343 g/mol. The molecule has 2 heterocycles. The summed E-state index contributed by atoms with van der Waals surface area (Å²) >= 11 is 1.27. The predicted molar refractivity (Wildman–Crippen MR) is 91.7 cm³/mol. The zero-order chi connectivity index (χ0) is 17.1. The lowest BCUT2D eigenvalue weighted by Crippen LogP contribution is -2.22. The van der Waals surface area contributed by atoms with Crippen LogP contribution in [0.2, 0.25) is 0 Å². The summed E-state index contributed by atoms with van der Waals surface area (Å²) < 4.78 is 4.92. The van der Waals surface area contributed by atoms with E-state index in [2.05, 4.69) is 25.7 Å². The van der Waals surface area contributed by atoms with Crippen molar-refractivity contribution in [1.29, 1.82) is 0 Å². The minimum absolute atomic E-state index is 0.185. The zero-order valence-electron chi connectivity index (χ0n) is 13.5. The molecule has 3 rings (SSSR count). The molecule has 0 bridgehead atoms. The fraction of sp³-hybridized carbons (Fsp3) is 0.250. The third kappa shape index (κ3) is 3.83. The highest BCUT2D eigenvalue weighted by Gasteiger charge is 2.18. The second kappa shape index (κ2) is 6.88. The molecule has 1 amide bonds. The minimum atomic E-state index is -0.372. The number of amides is 1. The molecule has 1 unspecified atom stereocenters. The Bertz CT molecular complexity index is 840. The summed E-state index contributed by atoms with van der Waals surface area (Å²) in [7, 11) is 0. The SMILES string of the molecule is Cc1ccc(-c2nc(SC(C)C(=O)Nc3cc(C)on3)n[nH]2)cc1. The highest BCUT2D eigenvalue weighted by Crippen LogP contribution is 2.23. The van der Waals surface area contributed by atoms with E-state index < -0.39 is 0 Å². The number of benzene rings is 1. The highest BCUT2D eigenvalue weighted by molar-refractivity contribution is 8.00. The van der Waals surface area contributed by atoms with Gasteiger partial charge >= 0.3 is 0 Å². The molecule has 3 aromatic rings. The number of hydrogen-bond donors (Lipinski definition) is 2. The van der Waals surface area contributed by atoms with Gasteiger partial charge < -0.3 is 9.84 Å². The third-order valence-electron chi connectivity index (χ3n) is 3.32. The number of nitrogens with zero attached hydrogens (tertiary/aromatic N) is 3. The van der Waals surface area contributed by atoms with Gasteiger partial charge in [-0.2, -0.15) is 0 Å². The molecule has 1 aromatic carbocycles. The molecule has 2 N–H and O–H groups in total. The van der Waals surface area contributed by atoms with Crippen molar-refractivity contribution in [2.75, 3.05) is 5.32 Å². The Balaban J connectivity index is 1.63. The van der Waals surface area contributed by atoms with Crippen LogP contribution in [-0.4, -0.2) is 31.5 Å². The van der Waals surface area contributed by atoms with Crippen molar-refractivity contribution < 1.29 is 9.32 Å². The van der Waals surface area contributed by atoms with Gasteiger partial charge in [-0.05, 0) is 20.8 Å². The number of rotatable bonds is 5. The van der Waals surface area contributed by atoms with Gasteiger partial charge in [0.25, 0.3) is 0 Å². The van der Waals surface area contributed by atoms with Gasteiger partial charge in [0, 0.05) is 11.6 Å². The van der Waals surface area contributed by atoms with Crippen molar-refractivity contribution in [1.82, 2.24) is 20.3 Å². The summed E-state index contributed by atoms with van der Waals surface area (Å²) in [4.78, 5) is 16.6. The molecule has 0 fully saturated rings. The van der Waals surface area contributed by atoms with Gasteiger partial charge in [0.1, 0.15) is 5.76 Å². The lowest BCUT2D eigenvalue weighted by molar-refractivity contribution is -0.115. The maximum Gasteiger partial charge on any atom is 0.238 e. The molecule has 2 aromatic heterocycles. The number of thioether (sulfide) groups is 1. The number of carbonyl (C=O) groups is 1. The summed E-state index contributed by atoms with van der Waals surface area (Å²) in [6.07, 6.45) is 0. The van der Waals surface area contributed by atoms with Crippen molar-refractivity contribution in [3.63, 3.8) is 0 Å². The van der Waals surface area contributed by atoms with E-state index in [0.717, 1.165) is 5.56 Å². The van der Waals surface area contributed by atoms with E-state index in [0.29, 0.717) is 22.6 Å². The maximum absolute atomic E-state index is 12.2. The standard InChI is InChI=1S/C16H17N5O2S/c1-9-4-6-12(7-5-9)14-18-16(20-19-14)24-11(3)15(22)17-13-8-10(2)23-21-13/h4-8,11H,1-3H3,(H,17,21,22)(H,18,19,20). The van der Waals surface area contributed by atoms with Crippen LogP contribution in [0.25, 0.3) is 11.4 Å². The van der Waals surface area contributed by atoms with Gasteiger partial charge in [-0.1, -0.05) is 46.7 Å². The van der Waals surface area contributed by atoms with Crippen molar-refractivity contribution in [2.45, 2.75) is 31.2 Å². The topological polar surface area (TPSA) is 96.7 Å². The lowest BCUT2D eigenvalue weighted by atomic mass is 10.1. The average Bonchev–Trinajstić information content (AvgIpc) is 3.17. The van der Waals surface area contributed by atoms with Crippen LogP contribution in [0.1, 0.15) is 18.2 Å². The van der Waals surface area contributed by atoms with Crippen LogP contribution in [0, 0.1) is 13.8 Å². The van der Waals surface area contributed by atoms with E-state index in [1.54, 1.807) is 19.9 Å². The van der Waals surface area contributed by atoms with Crippen molar-refractivity contribution in [2.24, 2.45) is 0 Å². The van der Waals surface area contributed by atoms with Crippen LogP contribution < -0.4 is 5.32 Å². The van der Waals surface area contributed by atoms with Crippen LogP contribution in [0.3, 0.4) is 0 Å². The van der Waals surface area contributed by atoms with Crippen molar-refractivity contribution >= 4 is 23.5 Å². The fourth-order valence-electron chi connectivity index (χ4n) is 2.00. The quantitative estimate of drug-likeness (QED) is 0.691. The Hall–Kier alpha value is -2.61. The normalized spacial score (nSPS) is 12.1. The number of nitrogens with one attached hydrogen (secondary N) is 2. The smallest absolute Gasteiger partial charge is 0.238 e. The first kappa shape index (κ1) is 16.3. The Labute approximate surface area is 143 Å². The van der Waals surface area contributed by atoms with Crippen molar-refractivity contribution in [3.05, 3.63) is 41.7 Å². The highest BCUT2D eigenvalue weighted by atomic mass is 32.2. The largest absolute Gasteiger partial charge is 0.360 e. The summed E-state index contributed by atoms with van der Waals surface area (Å²) in [5.74, 6) is 1.54. The Morgan fingerprint density at radius 3 is 2.71 bits per heavy atom. The first-order chi connectivity index (χ1) is 11.5. The molecule has 0 aliphatic rings. The second-order valence-electron chi connectivity index (χ2n) is 5.40. The summed E-state index contributed by atoms with van der Waals surface area (Å²) in [5, 5.41) is 13.6. The minimum Gasteiger partial charge on any atom is -0.360 e. The molecule has 0 spiro atoms. The van der Waals surface area contributed by atoms with Gasteiger partial charge in [0.05, 0.1) is 5.25 Å². The summed E-state index contributed by atoms with van der Waals surface area (Å²) in [6.45, 7) is 5.58. The monoisotopic (exact) mass is 343 g/mol. The number of anilines is 1. The Morgan fingerprint density at radius 1 is 1.29 bits per heavy atom. The lowest BCUT2D eigenvalue weighted by Gasteiger charge is -2.07. The van der Waals surface area contributed by atoms with E-state index in [1.165, 1.54) is 17.3 Å². The van der Waals surface area contributed by atoms with Crippen LogP contribution in [0.5, 0.6) is 0 Å². The zero-order valence-corrected chi connectivity index (χ0v) is 14.3. The van der Waals surface area contributed by atoms with Gasteiger partial charge in [0.2, 0.25) is 11.1 Å². The molecule has 7 nitrogen and oxygen atoms in total. The molecule has 124 valence electrons. The maximum atomic E-state index is 12.2. The first-order valence-electron chi connectivity index (χ1n) is 7.41. The molecular formula is C16H17N5O2S. The van der Waals surface area contributed by atoms with Crippen LogP contribution in [0.4, 0.5) is 5.82 Å². The third-order valence-corrected chi connectivity index (χ3v) is 4.28. The van der Waals surface area contributed by atoms with Gasteiger partial charge in [-0.25, -0.2) is 4.98 Å². The van der Waals surface area contributed by atoms with Crippen LogP contribution in [0.15, 0.2) is 40.0 Å². The number of carbonyl (C=O) groups excluding carboxylic acids is 1. The van der Waals surface area contributed by atoms with E-state index in [1.807, 2.05) is 31.2 Å². The molecule has 0 aliphatic carbocycles. The van der Waals surface area contributed by atoms with Crippen LogP contribution in [-0.2, 0) is 4.79 Å². The predicted octanol–water partition coefficient (Wildman–Crippen LogP) is 3.20. The molecular weight excluding hydrogens is 326 g/mol. The summed E-state index contributed by atoms with van der Waals surface area (Å²) in [6, 6.07) is 9.65. The Morgan fingerprint density at radius 2 is 2.04 bits per heavy atom. The van der Waals surface area contributed by atoms with E-state index in [4.69, 9.17) is 4.52 Å². The fourth-order valence-corrected chi connectivity index (χ4v) is 2.73. The Kier molecular flexibility index (Phi) is 4.66. The number of H-pyrrole nitrogens is 1. The van der Waals surface area contributed by atoms with E-state index in [-0.39, 0.29) is 11.2 Å². The van der Waals surface area contributed by atoms with Crippen molar-refractivity contribution in [3.8, 4) is 11.4 Å². The molecule has 8 heteroatoms. The molecule has 0 aliphatic heterocycles. The van der Waals surface area contributed by atoms with Gasteiger partial charge in [0.15, 0.2) is 11.6 Å². The number of aromatic amines is 1. The number of aryl methyl sites for hydroxylation is 2. The van der Waals surface area contributed by atoms with Gasteiger partial charge in [-0.3, -0.25) is 9.89 Å².